The van der Waals surface area contributed by atoms with Crippen molar-refractivity contribution in [1.29, 1.82) is 0 Å². The summed E-state index contributed by atoms with van der Waals surface area (Å²) < 4.78 is 0. The number of carbonyl (C=O) groups excluding carboxylic acids is 2. The zero-order valence-corrected chi connectivity index (χ0v) is 10.5. The van der Waals surface area contributed by atoms with E-state index in [4.69, 9.17) is 0 Å². The van der Waals surface area contributed by atoms with Crippen LogP contribution >= 0.6 is 0 Å². The van der Waals surface area contributed by atoms with Gasteiger partial charge in [-0.2, -0.15) is 0 Å². The van der Waals surface area contributed by atoms with Crippen molar-refractivity contribution in [2.45, 2.75) is 12.3 Å². The molecule has 0 aliphatic carbocycles. The minimum atomic E-state index is -1.14. The van der Waals surface area contributed by atoms with E-state index in [1.54, 1.807) is 31.2 Å². The highest BCUT2D eigenvalue weighted by atomic mass is 16.2. The first-order valence-corrected chi connectivity index (χ1v) is 6.15. The van der Waals surface area contributed by atoms with E-state index in [0.29, 0.717) is 5.56 Å². The highest BCUT2D eigenvalue weighted by molar-refractivity contribution is 6.25. The monoisotopic (exact) mass is 251 g/mol. The minimum absolute atomic E-state index is 0.171. The number of amides is 1. The SMILES string of the molecule is CC1(C(=O)c2ccccc2)C(=O)Nc2ccccc21. The number of Topliss-reactive ketones (excluding diaryl/α,β-unsaturated/α-hetero) is 1. The lowest BCUT2D eigenvalue weighted by atomic mass is 9.77. The van der Waals surface area contributed by atoms with Crippen LogP contribution in [-0.4, -0.2) is 11.7 Å². The molecule has 2 aromatic rings. The molecule has 1 atom stereocenters. The van der Waals surface area contributed by atoms with Gasteiger partial charge in [0.15, 0.2) is 5.78 Å². The Bertz CT molecular complexity index is 663. The Labute approximate surface area is 111 Å². The molecule has 0 spiro atoms. The number of hydrogen-bond donors (Lipinski definition) is 1. The third-order valence-electron chi connectivity index (χ3n) is 3.66. The van der Waals surface area contributed by atoms with E-state index in [1.807, 2.05) is 30.3 Å². The molecule has 1 aliphatic heterocycles. The number of rotatable bonds is 2. The van der Waals surface area contributed by atoms with E-state index in [9.17, 15) is 9.59 Å². The van der Waals surface area contributed by atoms with Gasteiger partial charge in [-0.1, -0.05) is 48.5 Å². The van der Waals surface area contributed by atoms with E-state index in [2.05, 4.69) is 5.32 Å². The van der Waals surface area contributed by atoms with Gasteiger partial charge in [0.1, 0.15) is 5.41 Å². The van der Waals surface area contributed by atoms with Gasteiger partial charge in [0.25, 0.3) is 0 Å². The standard InChI is InChI=1S/C16H13NO2/c1-16(14(18)11-7-3-2-4-8-11)12-9-5-6-10-13(12)17-15(16)19/h2-10H,1H3,(H,17,19). The highest BCUT2D eigenvalue weighted by Gasteiger charge is 2.48. The molecule has 19 heavy (non-hydrogen) atoms. The van der Waals surface area contributed by atoms with Crippen LogP contribution in [0.2, 0.25) is 0 Å². The molecule has 0 saturated heterocycles. The van der Waals surface area contributed by atoms with Crippen LogP contribution in [0.3, 0.4) is 0 Å². The number of carbonyl (C=O) groups is 2. The Kier molecular flexibility index (Phi) is 2.49. The number of ketones is 1. The number of fused-ring (bicyclic) bond motifs is 1. The van der Waals surface area contributed by atoms with Gasteiger partial charge in [-0.3, -0.25) is 9.59 Å². The maximum absolute atomic E-state index is 12.7. The molecule has 0 aromatic heterocycles. The second-order valence-corrected chi connectivity index (χ2v) is 4.82. The summed E-state index contributed by atoms with van der Waals surface area (Å²) in [5.74, 6) is -0.432. The number of anilines is 1. The van der Waals surface area contributed by atoms with Crippen molar-refractivity contribution in [3.05, 3.63) is 65.7 Å². The lowest BCUT2D eigenvalue weighted by molar-refractivity contribution is -0.118. The predicted molar refractivity (Wildman–Crippen MR) is 73.2 cm³/mol. The van der Waals surface area contributed by atoms with Crippen molar-refractivity contribution >= 4 is 17.4 Å². The summed E-state index contributed by atoms with van der Waals surface area (Å²) in [7, 11) is 0. The average Bonchev–Trinajstić information content (AvgIpc) is 2.72. The van der Waals surface area contributed by atoms with E-state index in [-0.39, 0.29) is 11.7 Å². The van der Waals surface area contributed by atoms with Crippen molar-refractivity contribution in [1.82, 2.24) is 0 Å². The molecule has 0 saturated carbocycles. The number of hydrogen-bond acceptors (Lipinski definition) is 2. The second kappa shape index (κ2) is 4.05. The Morgan fingerprint density at radius 3 is 2.37 bits per heavy atom. The highest BCUT2D eigenvalue weighted by Crippen LogP contribution is 2.39. The fraction of sp³-hybridized carbons (Fsp3) is 0.125. The zero-order valence-electron chi connectivity index (χ0n) is 10.5. The number of nitrogens with one attached hydrogen (secondary N) is 1. The van der Waals surface area contributed by atoms with Gasteiger partial charge >= 0.3 is 0 Å². The number of para-hydroxylation sites is 1. The summed E-state index contributed by atoms with van der Waals surface area (Å²) in [5, 5.41) is 2.78. The first-order valence-electron chi connectivity index (χ1n) is 6.15. The molecule has 1 N–H and O–H groups in total. The average molecular weight is 251 g/mol. The Morgan fingerprint density at radius 2 is 1.63 bits per heavy atom. The van der Waals surface area contributed by atoms with Crippen LogP contribution in [0.5, 0.6) is 0 Å². The largest absolute Gasteiger partial charge is 0.325 e. The summed E-state index contributed by atoms with van der Waals surface area (Å²) in [4.78, 5) is 24.9. The predicted octanol–water partition coefficient (Wildman–Crippen LogP) is 2.78. The van der Waals surface area contributed by atoms with Crippen LogP contribution in [-0.2, 0) is 10.2 Å². The quantitative estimate of drug-likeness (QED) is 0.659. The maximum atomic E-state index is 12.7. The molecule has 3 rings (SSSR count). The summed E-state index contributed by atoms with van der Waals surface area (Å²) >= 11 is 0. The third kappa shape index (κ3) is 1.58. The summed E-state index contributed by atoms with van der Waals surface area (Å²) in [6.45, 7) is 1.68. The lowest BCUT2D eigenvalue weighted by Crippen LogP contribution is -2.39. The topological polar surface area (TPSA) is 46.2 Å². The molecule has 1 aliphatic rings. The van der Waals surface area contributed by atoms with Gasteiger partial charge in [-0.05, 0) is 18.6 Å². The maximum Gasteiger partial charge on any atom is 0.242 e. The molecule has 2 aromatic carbocycles. The van der Waals surface area contributed by atoms with Crippen LogP contribution < -0.4 is 5.32 Å². The second-order valence-electron chi connectivity index (χ2n) is 4.82. The van der Waals surface area contributed by atoms with Crippen molar-refractivity contribution in [3.8, 4) is 0 Å². The van der Waals surface area contributed by atoms with Crippen LogP contribution in [0.15, 0.2) is 54.6 Å². The molecule has 3 nitrogen and oxygen atoms in total. The molecule has 3 heteroatoms. The van der Waals surface area contributed by atoms with Crippen molar-refractivity contribution in [2.75, 3.05) is 5.32 Å². The summed E-state index contributed by atoms with van der Waals surface area (Å²) in [6, 6.07) is 16.3. The lowest BCUT2D eigenvalue weighted by Gasteiger charge is -2.20. The summed E-state index contributed by atoms with van der Waals surface area (Å²) in [6.07, 6.45) is 0. The Hall–Kier alpha value is -2.42. The normalized spacial score (nSPS) is 20.8. The molecule has 1 amide bonds. The Balaban J connectivity index is 2.14. The smallest absolute Gasteiger partial charge is 0.242 e. The van der Waals surface area contributed by atoms with Gasteiger partial charge in [-0.25, -0.2) is 0 Å². The van der Waals surface area contributed by atoms with E-state index in [0.717, 1.165) is 11.3 Å². The van der Waals surface area contributed by atoms with E-state index < -0.39 is 5.41 Å². The van der Waals surface area contributed by atoms with E-state index >= 15 is 0 Å². The minimum Gasteiger partial charge on any atom is -0.325 e. The van der Waals surface area contributed by atoms with Crippen molar-refractivity contribution in [2.24, 2.45) is 0 Å². The molecule has 0 radical (unpaired) electrons. The van der Waals surface area contributed by atoms with Gasteiger partial charge in [0.05, 0.1) is 0 Å². The van der Waals surface area contributed by atoms with Crippen molar-refractivity contribution < 1.29 is 9.59 Å². The zero-order chi connectivity index (χ0) is 13.5. The first-order chi connectivity index (χ1) is 9.14. The molecule has 94 valence electrons. The van der Waals surface area contributed by atoms with Gasteiger partial charge in [0.2, 0.25) is 5.91 Å². The van der Waals surface area contributed by atoms with E-state index in [1.165, 1.54) is 0 Å². The molecule has 1 unspecified atom stereocenters. The van der Waals surface area contributed by atoms with Crippen LogP contribution in [0.1, 0.15) is 22.8 Å². The summed E-state index contributed by atoms with van der Waals surface area (Å²) in [5.41, 5.74) is 0.878. The molecular formula is C16H13NO2. The Morgan fingerprint density at radius 1 is 1.00 bits per heavy atom. The molecule has 0 fully saturated rings. The third-order valence-corrected chi connectivity index (χ3v) is 3.66. The molecular weight excluding hydrogens is 238 g/mol. The molecule has 0 bridgehead atoms. The van der Waals surface area contributed by atoms with Crippen LogP contribution in [0, 0.1) is 0 Å². The fourth-order valence-corrected chi connectivity index (χ4v) is 2.50. The van der Waals surface area contributed by atoms with Crippen molar-refractivity contribution in [3.63, 3.8) is 0 Å². The van der Waals surface area contributed by atoms with Gasteiger partial charge < -0.3 is 5.32 Å². The van der Waals surface area contributed by atoms with Crippen LogP contribution in [0.4, 0.5) is 5.69 Å². The van der Waals surface area contributed by atoms with Gasteiger partial charge in [-0.15, -0.1) is 0 Å². The first kappa shape index (κ1) is 11.7. The van der Waals surface area contributed by atoms with Gasteiger partial charge in [0, 0.05) is 11.3 Å². The fourth-order valence-electron chi connectivity index (χ4n) is 2.50. The number of benzene rings is 2. The molecule has 1 heterocycles. The van der Waals surface area contributed by atoms with Crippen LogP contribution in [0.25, 0.3) is 0 Å².